The predicted molar refractivity (Wildman–Crippen MR) is 43.7 cm³/mol. The third kappa shape index (κ3) is 2.67. The molecule has 0 aromatic rings. The Morgan fingerprint density at radius 3 is 1.80 bits per heavy atom. The van der Waals surface area contributed by atoms with Gasteiger partial charge in [-0.3, -0.25) is 5.32 Å². The van der Waals surface area contributed by atoms with E-state index in [4.69, 9.17) is 0 Å². The van der Waals surface area contributed by atoms with Crippen molar-refractivity contribution in [1.29, 1.82) is 0 Å². The molecule has 2 heteroatoms. The summed E-state index contributed by atoms with van der Waals surface area (Å²) in [5.74, 6) is 0.275. The van der Waals surface area contributed by atoms with Crippen LogP contribution in [0.2, 0.25) is 0 Å². The van der Waals surface area contributed by atoms with Gasteiger partial charge in [-0.15, -0.1) is 0 Å². The standard InChI is InChI=1S/C8H19NO/c1-6(7(10)9-5)8(2,3)4/h6-7,9-10H,1-5H3. The van der Waals surface area contributed by atoms with Crippen molar-refractivity contribution >= 4 is 0 Å². The van der Waals surface area contributed by atoms with Crippen LogP contribution in [-0.4, -0.2) is 18.4 Å². The summed E-state index contributed by atoms with van der Waals surface area (Å²) in [6.07, 6.45) is -0.389. The smallest absolute Gasteiger partial charge is 0.107 e. The first-order valence-corrected chi connectivity index (χ1v) is 3.75. The lowest BCUT2D eigenvalue weighted by Crippen LogP contribution is -2.38. The van der Waals surface area contributed by atoms with E-state index in [1.165, 1.54) is 0 Å². The molecule has 0 aliphatic rings. The van der Waals surface area contributed by atoms with Crippen LogP contribution >= 0.6 is 0 Å². The molecule has 0 rings (SSSR count). The second-order valence-electron chi connectivity index (χ2n) is 3.89. The van der Waals surface area contributed by atoms with Crippen molar-refractivity contribution in [2.24, 2.45) is 11.3 Å². The molecule has 0 aromatic carbocycles. The molecule has 2 nitrogen and oxygen atoms in total. The minimum absolute atomic E-state index is 0.169. The molecular weight excluding hydrogens is 126 g/mol. The van der Waals surface area contributed by atoms with E-state index in [0.29, 0.717) is 0 Å². The summed E-state index contributed by atoms with van der Waals surface area (Å²) in [6.45, 7) is 8.41. The lowest BCUT2D eigenvalue weighted by atomic mass is 9.81. The van der Waals surface area contributed by atoms with E-state index in [-0.39, 0.29) is 17.6 Å². The van der Waals surface area contributed by atoms with Gasteiger partial charge in [-0.25, -0.2) is 0 Å². The molecule has 0 fully saturated rings. The minimum Gasteiger partial charge on any atom is -0.378 e. The number of aliphatic hydroxyl groups excluding tert-OH is 1. The van der Waals surface area contributed by atoms with Crippen molar-refractivity contribution in [2.75, 3.05) is 7.05 Å². The lowest BCUT2D eigenvalue weighted by molar-refractivity contribution is 0.0344. The maximum Gasteiger partial charge on any atom is 0.107 e. The molecule has 10 heavy (non-hydrogen) atoms. The molecule has 2 atom stereocenters. The summed E-state index contributed by atoms with van der Waals surface area (Å²) in [5, 5.41) is 12.2. The van der Waals surface area contributed by atoms with Gasteiger partial charge in [0.15, 0.2) is 0 Å². The van der Waals surface area contributed by atoms with E-state index in [9.17, 15) is 5.11 Å². The predicted octanol–water partition coefficient (Wildman–Crippen LogP) is 1.21. The largest absolute Gasteiger partial charge is 0.378 e. The Bertz CT molecular complexity index is 95.9. The molecular formula is C8H19NO. The van der Waals surface area contributed by atoms with Crippen LogP contribution in [0.25, 0.3) is 0 Å². The highest BCUT2D eigenvalue weighted by atomic mass is 16.3. The molecule has 0 aliphatic heterocycles. The van der Waals surface area contributed by atoms with E-state index in [1.807, 2.05) is 6.92 Å². The molecule has 0 aromatic heterocycles. The zero-order valence-corrected chi connectivity index (χ0v) is 7.60. The van der Waals surface area contributed by atoms with Crippen molar-refractivity contribution in [3.05, 3.63) is 0 Å². The monoisotopic (exact) mass is 145 g/mol. The highest BCUT2D eigenvalue weighted by molar-refractivity contribution is 4.73. The third-order valence-electron chi connectivity index (χ3n) is 2.14. The molecule has 0 spiro atoms. The Labute approximate surface area is 63.6 Å². The maximum atomic E-state index is 9.35. The van der Waals surface area contributed by atoms with E-state index < -0.39 is 0 Å². The molecule has 0 aliphatic carbocycles. The molecule has 0 heterocycles. The molecule has 2 N–H and O–H groups in total. The van der Waals surface area contributed by atoms with Crippen molar-refractivity contribution in [3.8, 4) is 0 Å². The number of aliphatic hydroxyl groups is 1. The Balaban J connectivity index is 3.94. The van der Waals surface area contributed by atoms with Crippen molar-refractivity contribution in [2.45, 2.75) is 33.9 Å². The Kier molecular flexibility index (Phi) is 3.33. The Morgan fingerprint density at radius 2 is 1.70 bits per heavy atom. The average molecular weight is 145 g/mol. The highest BCUT2D eigenvalue weighted by Crippen LogP contribution is 2.26. The summed E-state index contributed by atoms with van der Waals surface area (Å²) < 4.78 is 0. The number of rotatable bonds is 2. The second-order valence-corrected chi connectivity index (χ2v) is 3.89. The second kappa shape index (κ2) is 3.35. The van der Waals surface area contributed by atoms with Gasteiger partial charge in [0.1, 0.15) is 6.23 Å². The first-order chi connectivity index (χ1) is 4.39. The zero-order chi connectivity index (χ0) is 8.36. The fourth-order valence-corrected chi connectivity index (χ4v) is 0.724. The van der Waals surface area contributed by atoms with E-state index in [2.05, 4.69) is 26.1 Å². The van der Waals surface area contributed by atoms with E-state index in [1.54, 1.807) is 7.05 Å². The maximum absolute atomic E-state index is 9.35. The third-order valence-corrected chi connectivity index (χ3v) is 2.14. The number of hydrogen-bond donors (Lipinski definition) is 2. The Hall–Kier alpha value is -0.0800. The first kappa shape index (κ1) is 9.92. The molecule has 2 unspecified atom stereocenters. The van der Waals surface area contributed by atoms with Gasteiger partial charge in [0.2, 0.25) is 0 Å². The number of nitrogens with one attached hydrogen (secondary N) is 1. The SMILES string of the molecule is CNC(O)C(C)C(C)(C)C. The quantitative estimate of drug-likeness (QED) is 0.572. The van der Waals surface area contributed by atoms with Crippen LogP contribution in [-0.2, 0) is 0 Å². The molecule has 0 saturated carbocycles. The lowest BCUT2D eigenvalue weighted by Gasteiger charge is -2.30. The van der Waals surface area contributed by atoms with Gasteiger partial charge in [0.05, 0.1) is 0 Å². The van der Waals surface area contributed by atoms with Gasteiger partial charge in [-0.2, -0.15) is 0 Å². The fraction of sp³-hybridized carbons (Fsp3) is 1.00. The molecule has 0 saturated heterocycles. The Morgan fingerprint density at radius 1 is 1.30 bits per heavy atom. The van der Waals surface area contributed by atoms with Crippen LogP contribution in [0.4, 0.5) is 0 Å². The molecule has 0 bridgehead atoms. The molecule has 62 valence electrons. The van der Waals surface area contributed by atoms with Gasteiger partial charge in [-0.1, -0.05) is 27.7 Å². The fourth-order valence-electron chi connectivity index (χ4n) is 0.724. The van der Waals surface area contributed by atoms with Gasteiger partial charge in [-0.05, 0) is 12.5 Å². The van der Waals surface area contributed by atoms with Crippen LogP contribution in [0.1, 0.15) is 27.7 Å². The minimum atomic E-state index is -0.389. The number of hydrogen-bond acceptors (Lipinski definition) is 2. The van der Waals surface area contributed by atoms with Crippen LogP contribution in [0, 0.1) is 11.3 Å². The van der Waals surface area contributed by atoms with E-state index >= 15 is 0 Å². The summed E-state index contributed by atoms with van der Waals surface area (Å²) >= 11 is 0. The van der Waals surface area contributed by atoms with Gasteiger partial charge in [0.25, 0.3) is 0 Å². The summed E-state index contributed by atoms with van der Waals surface area (Å²) in [6, 6.07) is 0. The van der Waals surface area contributed by atoms with Gasteiger partial charge < -0.3 is 5.11 Å². The normalized spacial score (nSPS) is 18.6. The summed E-state index contributed by atoms with van der Waals surface area (Å²) in [4.78, 5) is 0. The van der Waals surface area contributed by atoms with Crippen LogP contribution in [0.15, 0.2) is 0 Å². The molecule has 0 radical (unpaired) electrons. The topological polar surface area (TPSA) is 32.3 Å². The van der Waals surface area contributed by atoms with E-state index in [0.717, 1.165) is 0 Å². The van der Waals surface area contributed by atoms with Gasteiger partial charge in [0, 0.05) is 5.92 Å². The highest BCUT2D eigenvalue weighted by Gasteiger charge is 2.25. The van der Waals surface area contributed by atoms with Gasteiger partial charge >= 0.3 is 0 Å². The summed E-state index contributed by atoms with van der Waals surface area (Å²) in [5.41, 5.74) is 0.169. The van der Waals surface area contributed by atoms with Crippen molar-refractivity contribution in [1.82, 2.24) is 5.32 Å². The average Bonchev–Trinajstić information content (AvgIpc) is 1.83. The summed E-state index contributed by atoms with van der Waals surface area (Å²) in [7, 11) is 1.77. The van der Waals surface area contributed by atoms with Crippen molar-refractivity contribution in [3.63, 3.8) is 0 Å². The van der Waals surface area contributed by atoms with Crippen LogP contribution in [0.5, 0.6) is 0 Å². The molecule has 0 amide bonds. The zero-order valence-electron chi connectivity index (χ0n) is 7.60. The van der Waals surface area contributed by atoms with Crippen LogP contribution < -0.4 is 5.32 Å². The van der Waals surface area contributed by atoms with Crippen LogP contribution in [0.3, 0.4) is 0 Å². The van der Waals surface area contributed by atoms with Crippen molar-refractivity contribution < 1.29 is 5.11 Å². The first-order valence-electron chi connectivity index (χ1n) is 3.75.